The lowest BCUT2D eigenvalue weighted by Crippen LogP contribution is -2.28. The lowest BCUT2D eigenvalue weighted by Gasteiger charge is -2.20. The van der Waals surface area contributed by atoms with Crippen LogP contribution in [0.4, 0.5) is 0 Å². The molecule has 0 N–H and O–H groups in total. The van der Waals surface area contributed by atoms with E-state index in [9.17, 15) is 4.79 Å². The molecule has 0 aliphatic carbocycles. The second kappa shape index (κ2) is 10.8. The summed E-state index contributed by atoms with van der Waals surface area (Å²) in [6.45, 7) is 12.0. The number of hydrogen-bond donors (Lipinski definition) is 0. The van der Waals surface area contributed by atoms with Gasteiger partial charge in [-0.3, -0.25) is 0 Å². The van der Waals surface area contributed by atoms with Crippen molar-refractivity contribution in [2.75, 3.05) is 19.8 Å². The van der Waals surface area contributed by atoms with Crippen LogP contribution >= 0.6 is 0 Å². The zero-order valence-electron chi connectivity index (χ0n) is 15.0. The van der Waals surface area contributed by atoms with Crippen molar-refractivity contribution in [1.29, 1.82) is 0 Å². The van der Waals surface area contributed by atoms with Gasteiger partial charge < -0.3 is 18.9 Å². The van der Waals surface area contributed by atoms with E-state index in [1.807, 2.05) is 44.2 Å². The summed E-state index contributed by atoms with van der Waals surface area (Å²) in [6, 6.07) is 9.62. The van der Waals surface area contributed by atoms with Crippen LogP contribution in [0.5, 0.6) is 5.75 Å². The highest BCUT2D eigenvalue weighted by Crippen LogP contribution is 2.09. The van der Waals surface area contributed by atoms with Crippen LogP contribution in [0.1, 0.15) is 27.7 Å². The van der Waals surface area contributed by atoms with Gasteiger partial charge in [0, 0.05) is 5.57 Å². The number of para-hydroxylation sites is 1. The molecule has 1 aromatic rings. The van der Waals surface area contributed by atoms with Gasteiger partial charge in [-0.2, -0.15) is 0 Å². The summed E-state index contributed by atoms with van der Waals surface area (Å²) in [5.74, 6) is 0.423. The Bertz CT molecular complexity index is 500. The largest absolute Gasteiger partial charge is 0.491 e. The first kappa shape index (κ1) is 20.2. The molecule has 1 rings (SSSR count). The summed E-state index contributed by atoms with van der Waals surface area (Å²) >= 11 is 0. The number of rotatable bonds is 11. The van der Waals surface area contributed by atoms with Crippen molar-refractivity contribution in [3.8, 4) is 5.75 Å². The second-order valence-electron chi connectivity index (χ2n) is 5.91. The van der Waals surface area contributed by atoms with Crippen LogP contribution in [0.15, 0.2) is 42.5 Å². The van der Waals surface area contributed by atoms with Gasteiger partial charge in [0.1, 0.15) is 18.5 Å². The maximum atomic E-state index is 11.4. The molecule has 0 bridgehead atoms. The monoisotopic (exact) mass is 336 g/mol. The molecule has 3 unspecified atom stereocenters. The highest BCUT2D eigenvalue weighted by Gasteiger charge is 2.13. The molecule has 5 heteroatoms. The number of esters is 1. The van der Waals surface area contributed by atoms with Crippen LogP contribution in [0.25, 0.3) is 0 Å². The topological polar surface area (TPSA) is 54.0 Å². The van der Waals surface area contributed by atoms with Crippen molar-refractivity contribution >= 4 is 5.97 Å². The Labute approximate surface area is 144 Å². The molecular formula is C19H28O5. The third-order valence-corrected chi connectivity index (χ3v) is 3.12. The molecule has 0 amide bonds. The molecular weight excluding hydrogens is 308 g/mol. The Morgan fingerprint density at radius 3 is 2.08 bits per heavy atom. The predicted molar refractivity (Wildman–Crippen MR) is 93.1 cm³/mol. The first-order chi connectivity index (χ1) is 11.4. The van der Waals surface area contributed by atoms with E-state index >= 15 is 0 Å². The summed E-state index contributed by atoms with van der Waals surface area (Å²) in [6.07, 6.45) is -0.472. The van der Waals surface area contributed by atoms with E-state index in [2.05, 4.69) is 6.58 Å². The summed E-state index contributed by atoms with van der Waals surface area (Å²) in [5, 5.41) is 0. The summed E-state index contributed by atoms with van der Waals surface area (Å²) in [5.41, 5.74) is 0.380. The molecule has 0 saturated heterocycles. The third-order valence-electron chi connectivity index (χ3n) is 3.12. The molecule has 1 aromatic carbocycles. The molecule has 0 spiro atoms. The quantitative estimate of drug-likeness (QED) is 0.458. The minimum absolute atomic E-state index is 0.0464. The van der Waals surface area contributed by atoms with Crippen molar-refractivity contribution in [2.24, 2.45) is 0 Å². The second-order valence-corrected chi connectivity index (χ2v) is 5.91. The average Bonchev–Trinajstić information content (AvgIpc) is 2.57. The van der Waals surface area contributed by atoms with E-state index in [1.54, 1.807) is 13.8 Å². The molecule has 0 radical (unpaired) electrons. The minimum atomic E-state index is -0.401. The van der Waals surface area contributed by atoms with Crippen molar-refractivity contribution in [1.82, 2.24) is 0 Å². The van der Waals surface area contributed by atoms with E-state index < -0.39 is 5.97 Å². The molecule has 0 fully saturated rings. The Morgan fingerprint density at radius 2 is 1.50 bits per heavy atom. The average molecular weight is 336 g/mol. The molecule has 134 valence electrons. The van der Waals surface area contributed by atoms with Crippen LogP contribution in [-0.2, 0) is 19.0 Å². The van der Waals surface area contributed by atoms with Crippen molar-refractivity contribution in [2.45, 2.75) is 46.0 Å². The van der Waals surface area contributed by atoms with Crippen LogP contribution in [0.2, 0.25) is 0 Å². The summed E-state index contributed by atoms with van der Waals surface area (Å²) < 4.78 is 22.1. The molecule has 0 heterocycles. The third kappa shape index (κ3) is 8.70. The smallest absolute Gasteiger partial charge is 0.333 e. The maximum Gasteiger partial charge on any atom is 0.333 e. The predicted octanol–water partition coefficient (Wildman–Crippen LogP) is 3.38. The Kier molecular flexibility index (Phi) is 9.12. The molecule has 0 saturated carbocycles. The Morgan fingerprint density at radius 1 is 0.958 bits per heavy atom. The molecule has 5 nitrogen and oxygen atoms in total. The van der Waals surface area contributed by atoms with Gasteiger partial charge in [0.2, 0.25) is 0 Å². The van der Waals surface area contributed by atoms with Gasteiger partial charge in [-0.1, -0.05) is 24.8 Å². The fourth-order valence-electron chi connectivity index (χ4n) is 1.74. The van der Waals surface area contributed by atoms with Crippen molar-refractivity contribution < 1.29 is 23.7 Å². The lowest BCUT2D eigenvalue weighted by molar-refractivity contribution is -0.148. The van der Waals surface area contributed by atoms with E-state index in [-0.39, 0.29) is 18.3 Å². The Hall–Kier alpha value is -1.85. The van der Waals surface area contributed by atoms with Gasteiger partial charge >= 0.3 is 5.97 Å². The van der Waals surface area contributed by atoms with Gasteiger partial charge in [0.15, 0.2) is 0 Å². The fourth-order valence-corrected chi connectivity index (χ4v) is 1.74. The van der Waals surface area contributed by atoms with Crippen molar-refractivity contribution in [3.05, 3.63) is 42.5 Å². The van der Waals surface area contributed by atoms with Crippen LogP contribution in [-0.4, -0.2) is 44.1 Å². The number of carbonyl (C=O) groups excluding carboxylic acids is 1. The molecule has 0 aliphatic rings. The molecule has 0 aromatic heterocycles. The minimum Gasteiger partial charge on any atom is -0.491 e. The van der Waals surface area contributed by atoms with E-state index in [0.29, 0.717) is 25.4 Å². The SMILES string of the molecule is C=C(C)C(=O)OC(C)COC(C)COC(C)COc1ccccc1. The van der Waals surface area contributed by atoms with E-state index in [0.717, 1.165) is 5.75 Å². The fraction of sp³-hybridized carbons (Fsp3) is 0.526. The highest BCUT2D eigenvalue weighted by atomic mass is 16.6. The first-order valence-corrected chi connectivity index (χ1v) is 8.16. The van der Waals surface area contributed by atoms with Crippen LogP contribution < -0.4 is 4.74 Å². The normalized spacial score (nSPS) is 14.5. The van der Waals surface area contributed by atoms with Gasteiger partial charge in [0.25, 0.3) is 0 Å². The number of ether oxygens (including phenoxy) is 4. The summed E-state index contributed by atoms with van der Waals surface area (Å²) in [7, 11) is 0. The van der Waals surface area contributed by atoms with Crippen LogP contribution in [0.3, 0.4) is 0 Å². The van der Waals surface area contributed by atoms with Crippen LogP contribution in [0, 0.1) is 0 Å². The van der Waals surface area contributed by atoms with Gasteiger partial charge in [-0.15, -0.1) is 0 Å². The number of hydrogen-bond acceptors (Lipinski definition) is 5. The highest BCUT2D eigenvalue weighted by molar-refractivity contribution is 5.87. The zero-order chi connectivity index (χ0) is 17.9. The van der Waals surface area contributed by atoms with E-state index in [4.69, 9.17) is 18.9 Å². The van der Waals surface area contributed by atoms with Gasteiger partial charge in [-0.25, -0.2) is 4.79 Å². The first-order valence-electron chi connectivity index (χ1n) is 8.16. The molecule has 24 heavy (non-hydrogen) atoms. The maximum absolute atomic E-state index is 11.4. The standard InChI is InChI=1S/C19H28O5/c1-14(2)19(20)24-17(5)13-22-15(3)11-21-16(4)12-23-18-9-7-6-8-10-18/h6-10,15-17H,1,11-13H2,2-5H3. The Balaban J connectivity index is 2.15. The zero-order valence-corrected chi connectivity index (χ0v) is 15.0. The molecule has 3 atom stereocenters. The summed E-state index contributed by atoms with van der Waals surface area (Å²) in [4.78, 5) is 11.4. The lowest BCUT2D eigenvalue weighted by atomic mass is 10.3. The number of carbonyl (C=O) groups is 1. The molecule has 0 aliphatic heterocycles. The van der Waals surface area contributed by atoms with E-state index in [1.165, 1.54) is 0 Å². The van der Waals surface area contributed by atoms with Gasteiger partial charge in [0.05, 0.1) is 25.4 Å². The number of benzene rings is 1. The van der Waals surface area contributed by atoms with Gasteiger partial charge in [-0.05, 0) is 39.8 Å². The van der Waals surface area contributed by atoms with Crippen molar-refractivity contribution in [3.63, 3.8) is 0 Å².